The first-order chi connectivity index (χ1) is 20.0. The van der Waals surface area contributed by atoms with Gasteiger partial charge >= 0.3 is 5.97 Å². The number of carboxylic acids is 1. The molecule has 0 radical (unpaired) electrons. The number of likely N-dealkylation sites (N-methyl/N-ethyl adjacent to an activating group) is 1. The maximum absolute atomic E-state index is 13.7. The van der Waals surface area contributed by atoms with Gasteiger partial charge in [0.25, 0.3) is 5.91 Å². The van der Waals surface area contributed by atoms with Crippen molar-refractivity contribution in [1.29, 1.82) is 0 Å². The Kier molecular flexibility index (Phi) is 7.89. The average molecular weight is 615 g/mol. The molecule has 0 spiro atoms. The van der Waals surface area contributed by atoms with E-state index < -0.39 is 81.4 Å². The number of hydrogen-bond donors (Lipinski definition) is 8. The molecule has 9 N–H and O–H groups in total. The Hall–Kier alpha value is -4.69. The van der Waals surface area contributed by atoms with E-state index in [0.717, 1.165) is 0 Å². The fourth-order valence-electron chi connectivity index (χ4n) is 5.92. The summed E-state index contributed by atoms with van der Waals surface area (Å²) in [5.41, 5.74) is 0.567. The predicted octanol–water partition coefficient (Wildman–Crippen LogP) is 1.15. The van der Waals surface area contributed by atoms with Crippen LogP contribution in [0.15, 0.2) is 59.9 Å². The van der Waals surface area contributed by atoms with Crippen LogP contribution in [0.5, 0.6) is 11.5 Å². The molecule has 0 unspecified atom stereocenters. The highest BCUT2D eigenvalue weighted by Crippen LogP contribution is 2.56. The van der Waals surface area contributed by atoms with Crippen molar-refractivity contribution in [2.45, 2.75) is 17.7 Å². The van der Waals surface area contributed by atoms with E-state index in [1.54, 1.807) is 12.1 Å². The topological polar surface area (TPSA) is 239 Å². The number of carbonyl (C=O) groups is 4. The maximum Gasteiger partial charge on any atom is 0.339 e. The third-order valence-corrected chi connectivity index (χ3v) is 8.12. The number of aromatic carboxylic acids is 1. The average Bonchev–Trinajstić information content (AvgIpc) is 2.92. The van der Waals surface area contributed by atoms with Gasteiger partial charge in [0, 0.05) is 16.5 Å². The summed E-state index contributed by atoms with van der Waals surface area (Å²) in [6.07, 6.45) is -1.75. The van der Waals surface area contributed by atoms with Gasteiger partial charge in [-0.3, -0.25) is 19.3 Å². The summed E-state index contributed by atoms with van der Waals surface area (Å²) in [6.45, 7) is 3.89. The number of nitrogens with zero attached hydrogens (tertiary/aromatic N) is 1. The van der Waals surface area contributed by atoms with Gasteiger partial charge in [0.15, 0.2) is 11.4 Å². The lowest BCUT2D eigenvalue weighted by molar-refractivity contribution is -0.166. The number of aromatic hydroxyl groups is 2. The second-order valence-electron chi connectivity index (χ2n) is 10.4. The number of aliphatic hydroxyl groups excluding tert-OH is 3. The molecule has 1 amide bonds. The van der Waals surface area contributed by atoms with E-state index in [1.807, 2.05) is 0 Å². The molecule has 1 fully saturated rings. The molecular formula is C29H27ClN2O11. The SMILES string of the molecule is C=C1c2c(Cl)ccc(O)c2C(O)=C2C(=O)[C@]3(O)C(O)=C(C(N)=O)C(=O)[C@@H](N(C)C)[C@@H]3[C@@H](O)[C@H]12.O=C(O)c1ccccc1O. The molecule has 43 heavy (non-hydrogen) atoms. The van der Waals surface area contributed by atoms with Crippen molar-refractivity contribution in [3.05, 3.63) is 81.6 Å². The predicted molar refractivity (Wildman–Crippen MR) is 151 cm³/mol. The molecule has 13 nitrogen and oxygen atoms in total. The van der Waals surface area contributed by atoms with Crippen molar-refractivity contribution >= 4 is 46.4 Å². The van der Waals surface area contributed by atoms with Crippen LogP contribution >= 0.6 is 11.6 Å². The van der Waals surface area contributed by atoms with Gasteiger partial charge in [-0.15, -0.1) is 0 Å². The van der Waals surface area contributed by atoms with E-state index >= 15 is 0 Å². The monoisotopic (exact) mass is 614 g/mol. The minimum Gasteiger partial charge on any atom is -0.508 e. The Morgan fingerprint density at radius 3 is 2.12 bits per heavy atom. The van der Waals surface area contributed by atoms with Crippen molar-refractivity contribution in [3.63, 3.8) is 0 Å². The largest absolute Gasteiger partial charge is 0.508 e. The molecule has 0 aromatic heterocycles. The second-order valence-corrected chi connectivity index (χ2v) is 10.8. The highest BCUT2D eigenvalue weighted by atomic mass is 35.5. The number of fused-ring (bicyclic) bond motifs is 3. The minimum absolute atomic E-state index is 0.0516. The summed E-state index contributed by atoms with van der Waals surface area (Å²) in [7, 11) is 2.84. The molecule has 2 aromatic carbocycles. The van der Waals surface area contributed by atoms with Crippen molar-refractivity contribution in [3.8, 4) is 11.5 Å². The maximum atomic E-state index is 13.7. The zero-order valence-corrected chi connectivity index (χ0v) is 23.4. The van der Waals surface area contributed by atoms with Gasteiger partial charge in [-0.25, -0.2) is 4.79 Å². The summed E-state index contributed by atoms with van der Waals surface area (Å²) in [5.74, 6) is -10.5. The number of hydrogen-bond acceptors (Lipinski definition) is 11. The Morgan fingerprint density at radius 2 is 1.60 bits per heavy atom. The lowest BCUT2D eigenvalue weighted by Gasteiger charge is -2.52. The zero-order valence-electron chi connectivity index (χ0n) is 22.6. The van der Waals surface area contributed by atoms with Crippen LogP contribution in [0, 0.1) is 11.8 Å². The van der Waals surface area contributed by atoms with Crippen LogP contribution in [-0.4, -0.2) is 95.9 Å². The molecular weight excluding hydrogens is 588 g/mol. The number of aliphatic hydroxyl groups is 4. The number of phenolic OH excluding ortho intramolecular Hbond substituents is 1. The molecule has 2 aromatic rings. The number of phenols is 2. The summed E-state index contributed by atoms with van der Waals surface area (Å²) >= 11 is 6.25. The third kappa shape index (κ3) is 4.53. The number of para-hydroxylation sites is 1. The molecule has 0 saturated heterocycles. The highest BCUT2D eigenvalue weighted by Gasteiger charge is 2.68. The number of carbonyl (C=O) groups excluding carboxylic acids is 3. The quantitative estimate of drug-likeness (QED) is 0.227. The molecule has 14 heteroatoms. The summed E-state index contributed by atoms with van der Waals surface area (Å²) in [6, 6.07) is 6.89. The van der Waals surface area contributed by atoms with Gasteiger partial charge in [-0.05, 0) is 43.9 Å². The lowest BCUT2D eigenvalue weighted by atomic mass is 9.55. The first-order valence-corrected chi connectivity index (χ1v) is 12.9. The normalized spacial score (nSPS) is 26.3. The van der Waals surface area contributed by atoms with Crippen LogP contribution in [-0.2, 0) is 14.4 Å². The van der Waals surface area contributed by atoms with Crippen molar-refractivity contribution < 1.29 is 54.9 Å². The molecule has 3 aliphatic rings. The molecule has 5 atom stereocenters. The van der Waals surface area contributed by atoms with Crippen molar-refractivity contribution in [2.75, 3.05) is 14.1 Å². The highest BCUT2D eigenvalue weighted by molar-refractivity contribution is 6.33. The van der Waals surface area contributed by atoms with Gasteiger partial charge in [0.05, 0.1) is 29.2 Å². The van der Waals surface area contributed by atoms with Crippen LogP contribution in [0.3, 0.4) is 0 Å². The van der Waals surface area contributed by atoms with Crippen LogP contribution in [0.1, 0.15) is 21.5 Å². The fraction of sp³-hybridized carbons (Fsp3) is 0.241. The molecule has 1 saturated carbocycles. The smallest absolute Gasteiger partial charge is 0.339 e. The number of rotatable bonds is 3. The van der Waals surface area contributed by atoms with Crippen LogP contribution in [0.4, 0.5) is 0 Å². The van der Waals surface area contributed by atoms with Gasteiger partial charge in [0.2, 0.25) is 5.78 Å². The number of halogens is 1. The number of Topliss-reactive ketones (excluding diaryl/α,β-unsaturated/α-hetero) is 2. The second kappa shape index (κ2) is 10.9. The zero-order chi connectivity index (χ0) is 32.3. The van der Waals surface area contributed by atoms with E-state index in [9.17, 15) is 44.7 Å². The molecule has 5 rings (SSSR count). The van der Waals surface area contributed by atoms with E-state index in [0.29, 0.717) is 0 Å². The number of benzene rings is 2. The molecule has 0 heterocycles. The molecule has 0 bridgehead atoms. The molecule has 226 valence electrons. The standard InChI is InChI=1S/C22H21ClN2O8.C7H6O3/c1-6-9-7(23)4-5-8(26)11(9)16(27)12-10(6)17(28)14-15(25(2)3)18(29)13(21(24)32)20(31)22(14,33)19(12)30;8-6-4-2-1-3-5(6)7(9)10/h4-5,10,14-15,17,26-28,31,33H,1H2,2-3H3,(H2,24,32);1-4,8H,(H,9,10)/t10-,14-,15+,17+,22+;/m1./s1. The lowest BCUT2D eigenvalue weighted by Crippen LogP contribution is -2.70. The van der Waals surface area contributed by atoms with Gasteiger partial charge in [0.1, 0.15) is 34.2 Å². The number of nitrogens with two attached hydrogens (primary N) is 1. The molecule has 3 aliphatic carbocycles. The van der Waals surface area contributed by atoms with Gasteiger partial charge in [-0.2, -0.15) is 0 Å². The van der Waals surface area contributed by atoms with E-state index in [2.05, 4.69) is 6.58 Å². The Bertz CT molecular complexity index is 1680. The Balaban J connectivity index is 0.000000359. The van der Waals surface area contributed by atoms with E-state index in [1.165, 1.54) is 43.3 Å². The Morgan fingerprint density at radius 1 is 1.00 bits per heavy atom. The summed E-state index contributed by atoms with van der Waals surface area (Å²) in [5, 5.41) is 72.3. The minimum atomic E-state index is -2.97. The van der Waals surface area contributed by atoms with Crippen LogP contribution < -0.4 is 5.73 Å². The van der Waals surface area contributed by atoms with Crippen molar-refractivity contribution in [2.24, 2.45) is 17.6 Å². The van der Waals surface area contributed by atoms with E-state index in [4.69, 9.17) is 27.5 Å². The van der Waals surface area contributed by atoms with Crippen LogP contribution in [0.25, 0.3) is 11.3 Å². The van der Waals surface area contributed by atoms with Crippen molar-refractivity contribution in [1.82, 2.24) is 4.90 Å². The van der Waals surface area contributed by atoms with Crippen LogP contribution in [0.2, 0.25) is 5.02 Å². The summed E-state index contributed by atoms with van der Waals surface area (Å²) < 4.78 is 0. The number of ketones is 2. The fourth-order valence-corrected chi connectivity index (χ4v) is 6.19. The molecule has 0 aliphatic heterocycles. The third-order valence-electron chi connectivity index (χ3n) is 7.80. The van der Waals surface area contributed by atoms with Gasteiger partial charge in [-0.1, -0.05) is 30.3 Å². The summed E-state index contributed by atoms with van der Waals surface area (Å²) in [4.78, 5) is 50.2. The number of amides is 1. The first-order valence-electron chi connectivity index (χ1n) is 12.5. The van der Waals surface area contributed by atoms with Gasteiger partial charge < -0.3 is 41.5 Å². The van der Waals surface area contributed by atoms with E-state index in [-0.39, 0.29) is 33.0 Å². The Labute approximate surface area is 248 Å². The first kappa shape index (κ1) is 31.3. The number of carboxylic acid groups (broad SMARTS) is 1. The number of primary amides is 1.